The number of rotatable bonds is 23. The molecule has 0 aromatic carbocycles. The Morgan fingerprint density at radius 2 is 1.24 bits per heavy atom. The van der Waals surface area contributed by atoms with Gasteiger partial charge >= 0.3 is 0 Å². The smallest absolute Gasteiger partial charge is 0.241 e. The molecule has 0 aliphatic heterocycles. The van der Waals surface area contributed by atoms with E-state index in [9.17, 15) is 9.59 Å². The van der Waals surface area contributed by atoms with Gasteiger partial charge in [-0.05, 0) is 58.8 Å². The van der Waals surface area contributed by atoms with Crippen LogP contribution in [0.25, 0.3) is 0 Å². The van der Waals surface area contributed by atoms with Crippen molar-refractivity contribution in [1.29, 1.82) is 0 Å². The highest BCUT2D eigenvalue weighted by Crippen LogP contribution is 2.34. The van der Waals surface area contributed by atoms with Crippen LogP contribution in [0.15, 0.2) is 77.9 Å². The summed E-state index contributed by atoms with van der Waals surface area (Å²) in [4.78, 5) is 27.4. The van der Waals surface area contributed by atoms with Crippen LogP contribution in [0.2, 0.25) is 0 Å². The minimum absolute atomic E-state index is 0. The third kappa shape index (κ3) is 31.7. The zero-order valence-corrected chi connectivity index (χ0v) is 26.3. The molecule has 41 heavy (non-hydrogen) atoms. The van der Waals surface area contributed by atoms with Crippen molar-refractivity contribution in [2.24, 2.45) is 16.5 Å². The predicted molar refractivity (Wildman–Crippen MR) is 185 cm³/mol. The Balaban J connectivity index is 0. The van der Waals surface area contributed by atoms with Gasteiger partial charge in [-0.15, -0.1) is 0 Å². The Morgan fingerprint density at radius 3 is 1.73 bits per heavy atom. The van der Waals surface area contributed by atoms with E-state index >= 15 is 0 Å². The van der Waals surface area contributed by atoms with Crippen molar-refractivity contribution >= 4 is 39.4 Å². The number of hydrogen-bond donors (Lipinski definition) is 4. The first kappa shape index (κ1) is 40.5. The molecule has 0 bridgehead atoms. The summed E-state index contributed by atoms with van der Waals surface area (Å²) in [5.41, 5.74) is 10.5. The van der Waals surface area contributed by atoms with Crippen molar-refractivity contribution in [3.63, 3.8) is 0 Å². The quantitative estimate of drug-likeness (QED) is 0.0335. The van der Waals surface area contributed by atoms with Gasteiger partial charge in [-0.25, -0.2) is 4.99 Å². The summed E-state index contributed by atoms with van der Waals surface area (Å²) in [5, 5.41) is 5.78. The van der Waals surface area contributed by atoms with E-state index < -0.39 is 0 Å². The van der Waals surface area contributed by atoms with Gasteiger partial charge in [-0.2, -0.15) is 0 Å². The van der Waals surface area contributed by atoms with E-state index in [1.54, 1.807) is 21.6 Å². The second kappa shape index (κ2) is 28.9. The van der Waals surface area contributed by atoms with E-state index in [4.69, 9.17) is 11.5 Å². The van der Waals surface area contributed by atoms with Gasteiger partial charge in [-0.3, -0.25) is 9.59 Å². The van der Waals surface area contributed by atoms with Gasteiger partial charge in [0, 0.05) is 30.0 Å². The molecule has 0 aliphatic carbocycles. The summed E-state index contributed by atoms with van der Waals surface area (Å²) in [6, 6.07) is 0. The number of amides is 2. The summed E-state index contributed by atoms with van der Waals surface area (Å²) in [6.07, 6.45) is 33.2. The SMILES string of the molecule is C.CC/C=C\C/C=C\C/C=C\C/C=C\C/C=C\C/C=C\CCC(=O)NCCSSC(C)(C)CNC(=O)CN=C(N)N. The molecule has 0 aliphatic rings. The Morgan fingerprint density at radius 1 is 0.756 bits per heavy atom. The molecule has 0 aromatic heterocycles. The van der Waals surface area contributed by atoms with Crippen LogP contribution in [-0.4, -0.2) is 47.9 Å². The molecule has 0 unspecified atom stereocenters. The van der Waals surface area contributed by atoms with Crippen molar-refractivity contribution in [3.8, 4) is 0 Å². The topological polar surface area (TPSA) is 123 Å². The number of carbonyl (C=O) groups is 2. The van der Waals surface area contributed by atoms with Crippen LogP contribution in [-0.2, 0) is 9.59 Å². The predicted octanol–water partition coefficient (Wildman–Crippen LogP) is 6.77. The average molecular weight is 606 g/mol. The Kier molecular flexibility index (Phi) is 28.5. The highest BCUT2D eigenvalue weighted by Gasteiger charge is 2.19. The van der Waals surface area contributed by atoms with E-state index in [2.05, 4.69) is 109 Å². The summed E-state index contributed by atoms with van der Waals surface area (Å²) in [7, 11) is 3.35. The minimum Gasteiger partial charge on any atom is -0.370 e. The second-order valence-corrected chi connectivity index (χ2v) is 12.6. The Bertz CT molecular complexity index is 887. The van der Waals surface area contributed by atoms with Gasteiger partial charge in [0.2, 0.25) is 11.8 Å². The van der Waals surface area contributed by atoms with E-state index in [-0.39, 0.29) is 36.5 Å². The van der Waals surface area contributed by atoms with Crippen LogP contribution in [0, 0.1) is 0 Å². The normalized spacial score (nSPS) is 12.3. The molecule has 0 aromatic rings. The first-order chi connectivity index (χ1) is 19.3. The molecule has 232 valence electrons. The van der Waals surface area contributed by atoms with Crippen molar-refractivity contribution in [3.05, 3.63) is 72.9 Å². The lowest BCUT2D eigenvalue weighted by atomic mass is 10.2. The van der Waals surface area contributed by atoms with Crippen molar-refractivity contribution in [2.45, 2.75) is 84.3 Å². The first-order valence-corrected chi connectivity index (χ1v) is 16.4. The molecule has 0 radical (unpaired) electrons. The van der Waals surface area contributed by atoms with Crippen LogP contribution < -0.4 is 22.1 Å². The number of carbonyl (C=O) groups excluding carboxylic acids is 2. The maximum atomic E-state index is 12.0. The highest BCUT2D eigenvalue weighted by molar-refractivity contribution is 8.77. The van der Waals surface area contributed by atoms with Crippen LogP contribution in [0.5, 0.6) is 0 Å². The monoisotopic (exact) mass is 605 g/mol. The van der Waals surface area contributed by atoms with E-state index in [1.165, 1.54) is 0 Å². The molecule has 2 amide bonds. The maximum Gasteiger partial charge on any atom is 0.241 e. The van der Waals surface area contributed by atoms with Crippen LogP contribution in [0.1, 0.15) is 79.6 Å². The number of allylic oxidation sites excluding steroid dienone is 12. The zero-order valence-electron chi connectivity index (χ0n) is 24.6. The molecule has 9 heteroatoms. The lowest BCUT2D eigenvalue weighted by Gasteiger charge is -2.23. The molecule has 6 N–H and O–H groups in total. The fourth-order valence-corrected chi connectivity index (χ4v) is 5.29. The molecular formula is C32H55N5O2S2. The molecular weight excluding hydrogens is 551 g/mol. The van der Waals surface area contributed by atoms with E-state index in [0.717, 1.165) is 50.7 Å². The second-order valence-electron chi connectivity index (χ2n) is 9.49. The number of aliphatic imine (C=N–C) groups is 1. The van der Waals surface area contributed by atoms with Gasteiger partial charge in [0.15, 0.2) is 5.96 Å². The molecule has 0 fully saturated rings. The number of nitrogens with zero attached hydrogens (tertiary/aromatic N) is 1. The van der Waals surface area contributed by atoms with Crippen LogP contribution in [0.3, 0.4) is 0 Å². The Labute approximate surface area is 258 Å². The molecule has 0 saturated carbocycles. The average Bonchev–Trinajstić information content (AvgIpc) is 2.91. The van der Waals surface area contributed by atoms with Crippen molar-refractivity contribution in [2.75, 3.05) is 25.4 Å². The molecule has 0 saturated heterocycles. The highest BCUT2D eigenvalue weighted by atomic mass is 33.1. The summed E-state index contributed by atoms with van der Waals surface area (Å²) in [6.45, 7) is 7.30. The van der Waals surface area contributed by atoms with Crippen LogP contribution in [0.4, 0.5) is 0 Å². The number of guanidine groups is 1. The minimum atomic E-state index is -0.216. The summed E-state index contributed by atoms with van der Waals surface area (Å²) < 4.78 is -0.154. The van der Waals surface area contributed by atoms with Gasteiger partial charge in [0.1, 0.15) is 6.54 Å². The lowest BCUT2D eigenvalue weighted by molar-refractivity contribution is -0.121. The molecule has 0 spiro atoms. The molecule has 0 heterocycles. The number of nitrogens with two attached hydrogens (primary N) is 2. The number of hydrogen-bond acceptors (Lipinski definition) is 5. The Hall–Kier alpha value is -2.65. The molecule has 0 rings (SSSR count). The van der Waals surface area contributed by atoms with Gasteiger partial charge in [0.05, 0.1) is 0 Å². The van der Waals surface area contributed by atoms with E-state index in [0.29, 0.717) is 19.5 Å². The first-order valence-electron chi connectivity index (χ1n) is 14.1. The van der Waals surface area contributed by atoms with Gasteiger partial charge in [-0.1, -0.05) is 109 Å². The number of nitrogens with one attached hydrogen (secondary N) is 2. The third-order valence-corrected chi connectivity index (χ3v) is 8.33. The maximum absolute atomic E-state index is 12.0. The van der Waals surface area contributed by atoms with Gasteiger partial charge in [0.25, 0.3) is 0 Å². The van der Waals surface area contributed by atoms with Crippen molar-refractivity contribution < 1.29 is 9.59 Å². The van der Waals surface area contributed by atoms with Crippen LogP contribution >= 0.6 is 21.6 Å². The summed E-state index contributed by atoms with van der Waals surface area (Å²) >= 11 is 0. The zero-order chi connectivity index (χ0) is 29.7. The third-order valence-electron chi connectivity index (χ3n) is 5.04. The molecule has 7 nitrogen and oxygen atoms in total. The fourth-order valence-electron chi connectivity index (χ4n) is 2.94. The molecule has 0 atom stereocenters. The fraction of sp³-hybridized carbons (Fsp3) is 0.531. The summed E-state index contributed by atoms with van der Waals surface area (Å²) in [5.74, 6) is 0.545. The van der Waals surface area contributed by atoms with E-state index in [1.807, 2.05) is 0 Å². The largest absolute Gasteiger partial charge is 0.370 e. The lowest BCUT2D eigenvalue weighted by Crippen LogP contribution is -2.37. The van der Waals surface area contributed by atoms with Gasteiger partial charge < -0.3 is 22.1 Å². The van der Waals surface area contributed by atoms with Crippen molar-refractivity contribution in [1.82, 2.24) is 10.6 Å². The standard InChI is InChI=1S/C31H51N5O2S2.CH4/c1-4-5-6-7-8-9-10-11-12-13-14-15-16-17-18-19-20-21-22-23-28(37)34-24-25-39-40-31(2,3)27-36-29(38)26-35-30(32)33;/h5-6,8-9,11-12,14-15,17-18,20-21H,4,7,10,13,16,19,22-27H2,1-3H3,(H,34,37)(H,36,38)(H4,32,33,35);1H4/b6-5-,9-8-,12-11-,15-14-,18-17-,21-20-;.